The van der Waals surface area contributed by atoms with Gasteiger partial charge in [-0.3, -0.25) is 4.68 Å². The van der Waals surface area contributed by atoms with E-state index in [4.69, 9.17) is 4.98 Å². The van der Waals surface area contributed by atoms with Crippen molar-refractivity contribution in [3.63, 3.8) is 0 Å². The zero-order chi connectivity index (χ0) is 28.6. The molecule has 0 saturated carbocycles. The second kappa shape index (κ2) is 10.7. The summed E-state index contributed by atoms with van der Waals surface area (Å²) in [4.78, 5) is 24.3. The first-order valence-electron chi connectivity index (χ1n) is 14.3. The van der Waals surface area contributed by atoms with Gasteiger partial charge in [-0.1, -0.05) is 30.3 Å². The van der Waals surface area contributed by atoms with Crippen LogP contribution in [0.3, 0.4) is 0 Å². The van der Waals surface area contributed by atoms with Gasteiger partial charge in [-0.15, -0.1) is 0 Å². The molecule has 1 atom stereocenters. The Labute approximate surface area is 244 Å². The summed E-state index contributed by atoms with van der Waals surface area (Å²) in [5.41, 5.74) is 6.30. The molecule has 2 fully saturated rings. The van der Waals surface area contributed by atoms with Gasteiger partial charge in [0.1, 0.15) is 11.9 Å². The number of amides is 2. The summed E-state index contributed by atoms with van der Waals surface area (Å²) < 4.78 is 3.52. The van der Waals surface area contributed by atoms with Crippen LogP contribution in [0.4, 0.5) is 10.6 Å². The number of fused-ring (bicyclic) bond motifs is 1. The second-order valence-corrected chi connectivity index (χ2v) is 11.0. The second-order valence-electron chi connectivity index (χ2n) is 11.0. The predicted octanol–water partition coefficient (Wildman–Crippen LogP) is 4.40. The van der Waals surface area contributed by atoms with Gasteiger partial charge in [0.2, 0.25) is 0 Å². The molecule has 42 heavy (non-hydrogen) atoms. The third-order valence-electron chi connectivity index (χ3n) is 8.43. The van der Waals surface area contributed by atoms with E-state index < -0.39 is 0 Å². The van der Waals surface area contributed by atoms with Gasteiger partial charge in [0.15, 0.2) is 0 Å². The molecule has 7 rings (SSSR count). The van der Waals surface area contributed by atoms with Gasteiger partial charge in [0, 0.05) is 93.1 Å². The van der Waals surface area contributed by atoms with Gasteiger partial charge >= 0.3 is 6.03 Å². The number of nitriles is 1. The summed E-state index contributed by atoms with van der Waals surface area (Å²) in [6.07, 6.45) is 10.2. The van der Waals surface area contributed by atoms with Crippen LogP contribution in [0.15, 0.2) is 79.5 Å². The van der Waals surface area contributed by atoms with Crippen LogP contribution in [0.25, 0.3) is 27.8 Å². The molecule has 0 aliphatic carbocycles. The molecule has 1 unspecified atom stereocenters. The van der Waals surface area contributed by atoms with Crippen LogP contribution in [0.5, 0.6) is 0 Å². The summed E-state index contributed by atoms with van der Waals surface area (Å²) in [6, 6.07) is 19.0. The van der Waals surface area contributed by atoms with Gasteiger partial charge < -0.3 is 14.7 Å². The van der Waals surface area contributed by atoms with Crippen molar-refractivity contribution in [3.8, 4) is 28.3 Å². The Hall–Kier alpha value is -5.17. The maximum absolute atomic E-state index is 13.3. The van der Waals surface area contributed by atoms with E-state index in [9.17, 15) is 10.1 Å². The molecule has 6 heterocycles. The maximum Gasteiger partial charge on any atom is 0.320 e. The van der Waals surface area contributed by atoms with Crippen LogP contribution in [0, 0.1) is 11.3 Å². The normalized spacial score (nSPS) is 17.1. The minimum atomic E-state index is 0.142. The molecular weight excluding hydrogens is 526 g/mol. The van der Waals surface area contributed by atoms with Gasteiger partial charge in [-0.25, -0.2) is 14.3 Å². The lowest BCUT2D eigenvalue weighted by Crippen LogP contribution is -2.52. The van der Waals surface area contributed by atoms with Crippen LogP contribution in [0.2, 0.25) is 0 Å². The lowest BCUT2D eigenvalue weighted by molar-refractivity contribution is 0.159. The van der Waals surface area contributed by atoms with Gasteiger partial charge in [-0.2, -0.15) is 15.5 Å². The van der Waals surface area contributed by atoms with Gasteiger partial charge in [0.05, 0.1) is 23.5 Å². The third kappa shape index (κ3) is 4.73. The zero-order valence-electron chi connectivity index (χ0n) is 23.5. The molecule has 2 amide bonds. The van der Waals surface area contributed by atoms with Gasteiger partial charge in [0.25, 0.3) is 0 Å². The number of carbonyl (C=O) groups is 1. The van der Waals surface area contributed by atoms with E-state index in [2.05, 4.69) is 51.5 Å². The molecule has 10 nitrogen and oxygen atoms in total. The quantitative estimate of drug-likeness (QED) is 0.325. The van der Waals surface area contributed by atoms with Crippen molar-refractivity contribution >= 4 is 17.4 Å². The number of hydrogen-bond acceptors (Lipinski definition) is 6. The van der Waals surface area contributed by atoms with Crippen molar-refractivity contribution in [2.24, 2.45) is 7.05 Å². The fourth-order valence-corrected chi connectivity index (χ4v) is 6.14. The average molecular weight is 558 g/mol. The van der Waals surface area contributed by atoms with E-state index in [-0.39, 0.29) is 6.03 Å². The number of carbonyl (C=O) groups excluding carboxylic acids is 1. The minimum Gasteiger partial charge on any atom is -0.353 e. The monoisotopic (exact) mass is 557 g/mol. The highest BCUT2D eigenvalue weighted by molar-refractivity contribution is 5.87. The summed E-state index contributed by atoms with van der Waals surface area (Å²) in [5.74, 6) is 1.29. The number of piperazine rings is 1. The molecule has 5 aromatic rings. The highest BCUT2D eigenvalue weighted by atomic mass is 16.2. The van der Waals surface area contributed by atoms with Crippen LogP contribution in [0.1, 0.15) is 23.5 Å². The fourth-order valence-electron chi connectivity index (χ4n) is 6.14. The molecule has 0 radical (unpaired) electrons. The van der Waals surface area contributed by atoms with E-state index >= 15 is 0 Å². The number of urea groups is 1. The van der Waals surface area contributed by atoms with Crippen molar-refractivity contribution in [3.05, 3.63) is 90.6 Å². The molecular formula is C32H31N9O. The standard InChI is InChI=1S/C32H31N9O/c1-37-20-28(19-35-37)26-15-29(31-27(16-33)18-36-41(31)22-26)24-7-8-30(34-17-24)38-11-13-39(14-12-38)32(42)40-10-9-25(21-40)23-5-3-2-4-6-23/h2-8,15,17-20,22,25H,9-14,21H2,1H3. The third-order valence-corrected chi connectivity index (χ3v) is 8.43. The van der Waals surface area contributed by atoms with E-state index in [1.807, 2.05) is 59.8 Å². The smallest absolute Gasteiger partial charge is 0.320 e. The lowest BCUT2D eigenvalue weighted by Gasteiger charge is -2.37. The number of nitrogens with zero attached hydrogens (tertiary/aromatic N) is 9. The first kappa shape index (κ1) is 25.8. The Bertz CT molecular complexity index is 1780. The number of aromatic nitrogens is 5. The number of hydrogen-bond donors (Lipinski definition) is 0. The van der Waals surface area contributed by atoms with Crippen LogP contribution in [-0.4, -0.2) is 79.5 Å². The molecule has 2 aliphatic rings. The highest BCUT2D eigenvalue weighted by Crippen LogP contribution is 2.33. The van der Waals surface area contributed by atoms with Gasteiger partial charge in [-0.05, 0) is 30.2 Å². The SMILES string of the molecule is Cn1cc(-c2cc(-c3ccc(N4CCN(C(=O)N5CCC(c6ccccc6)C5)CC4)nc3)c3c(C#N)cnn3c2)cn1. The summed E-state index contributed by atoms with van der Waals surface area (Å²) in [5, 5.41) is 18.5. The first-order chi connectivity index (χ1) is 20.6. The molecule has 10 heteroatoms. The number of pyridine rings is 2. The topological polar surface area (TPSA) is 98.6 Å². The van der Waals surface area contributed by atoms with Crippen LogP contribution < -0.4 is 4.90 Å². The zero-order valence-corrected chi connectivity index (χ0v) is 23.5. The Morgan fingerprint density at radius 2 is 1.71 bits per heavy atom. The Kier molecular flexibility index (Phi) is 6.55. The van der Waals surface area contributed by atoms with Crippen molar-refractivity contribution < 1.29 is 4.79 Å². The van der Waals surface area contributed by atoms with Crippen molar-refractivity contribution in [2.45, 2.75) is 12.3 Å². The molecule has 1 aromatic carbocycles. The van der Waals surface area contributed by atoms with Crippen LogP contribution >= 0.6 is 0 Å². The van der Waals surface area contributed by atoms with Crippen molar-refractivity contribution in [1.29, 1.82) is 5.26 Å². The molecule has 0 spiro atoms. The molecule has 2 saturated heterocycles. The van der Waals surface area contributed by atoms with Crippen molar-refractivity contribution in [1.82, 2.24) is 34.2 Å². The van der Waals surface area contributed by atoms with E-state index in [1.54, 1.807) is 15.4 Å². The number of likely N-dealkylation sites (tertiary alicyclic amines) is 1. The molecule has 0 N–H and O–H groups in total. The molecule has 0 bridgehead atoms. The largest absolute Gasteiger partial charge is 0.353 e. The highest BCUT2D eigenvalue weighted by Gasteiger charge is 2.31. The van der Waals surface area contributed by atoms with E-state index in [0.29, 0.717) is 24.6 Å². The van der Waals surface area contributed by atoms with E-state index in [1.165, 1.54) is 5.56 Å². The minimum absolute atomic E-state index is 0.142. The van der Waals surface area contributed by atoms with E-state index in [0.717, 1.165) is 66.2 Å². The molecule has 210 valence electrons. The Balaban J connectivity index is 1.05. The average Bonchev–Trinajstić information content (AvgIpc) is 3.81. The summed E-state index contributed by atoms with van der Waals surface area (Å²) in [7, 11) is 1.89. The fraction of sp³-hybridized carbons (Fsp3) is 0.281. The Morgan fingerprint density at radius 3 is 2.43 bits per heavy atom. The number of rotatable bonds is 4. The number of anilines is 1. The lowest BCUT2D eigenvalue weighted by atomic mass is 9.99. The number of benzene rings is 1. The molecule has 2 aliphatic heterocycles. The maximum atomic E-state index is 13.3. The van der Waals surface area contributed by atoms with Crippen LogP contribution in [-0.2, 0) is 7.05 Å². The predicted molar refractivity (Wildman–Crippen MR) is 160 cm³/mol. The van der Waals surface area contributed by atoms with Crippen molar-refractivity contribution in [2.75, 3.05) is 44.2 Å². The molecule has 4 aromatic heterocycles. The first-order valence-corrected chi connectivity index (χ1v) is 14.3. The summed E-state index contributed by atoms with van der Waals surface area (Å²) in [6.45, 7) is 4.40. The Morgan fingerprint density at radius 1 is 0.881 bits per heavy atom. The summed E-state index contributed by atoms with van der Waals surface area (Å²) >= 11 is 0. The number of aryl methyl sites for hydroxylation is 1.